The van der Waals surface area contributed by atoms with Gasteiger partial charge in [0.05, 0.1) is 30.5 Å². The fourth-order valence-corrected chi connectivity index (χ4v) is 3.48. The zero-order valence-electron chi connectivity index (χ0n) is 14.7. The third-order valence-electron chi connectivity index (χ3n) is 3.86. The Kier molecular flexibility index (Phi) is 5.68. The molecule has 0 bridgehead atoms. The molecule has 2 aromatic heterocycles. The van der Waals surface area contributed by atoms with Crippen LogP contribution in [0.25, 0.3) is 10.2 Å². The summed E-state index contributed by atoms with van der Waals surface area (Å²) in [5.41, 5.74) is 1.20. The monoisotopic (exact) mass is 372 g/mol. The third kappa shape index (κ3) is 3.94. The minimum absolute atomic E-state index is 0.227. The van der Waals surface area contributed by atoms with E-state index >= 15 is 0 Å². The minimum atomic E-state index is -0.488. The molecule has 0 atom stereocenters. The lowest BCUT2D eigenvalue weighted by Gasteiger charge is -2.08. The zero-order chi connectivity index (χ0) is 18.5. The summed E-state index contributed by atoms with van der Waals surface area (Å²) in [6.07, 6.45) is 2.17. The maximum absolute atomic E-state index is 12.7. The molecule has 0 radical (unpaired) electrons. The number of carbonyl (C=O) groups excluding carboxylic acids is 1. The van der Waals surface area contributed by atoms with Crippen LogP contribution in [0.1, 0.15) is 29.3 Å². The molecule has 3 aromatic rings. The van der Waals surface area contributed by atoms with Gasteiger partial charge in [-0.3, -0.25) is 9.36 Å². The molecule has 3 rings (SSSR count). The molecule has 0 saturated carbocycles. The van der Waals surface area contributed by atoms with Gasteiger partial charge in [0.15, 0.2) is 0 Å². The quantitative estimate of drug-likeness (QED) is 0.469. The number of hydrogen-bond acceptors (Lipinski definition) is 6. The van der Waals surface area contributed by atoms with Crippen molar-refractivity contribution in [3.63, 3.8) is 0 Å². The molecule has 26 heavy (non-hydrogen) atoms. The van der Waals surface area contributed by atoms with Crippen molar-refractivity contribution < 1.29 is 14.3 Å². The van der Waals surface area contributed by atoms with E-state index in [0.717, 1.165) is 11.3 Å². The van der Waals surface area contributed by atoms with Crippen molar-refractivity contribution in [2.24, 2.45) is 0 Å². The predicted octanol–water partition coefficient (Wildman–Crippen LogP) is 3.41. The van der Waals surface area contributed by atoms with Crippen LogP contribution < -0.4 is 10.3 Å². The fraction of sp³-hybridized carbons (Fsp3) is 0.316. The van der Waals surface area contributed by atoms with E-state index in [4.69, 9.17) is 9.47 Å². The second-order valence-electron chi connectivity index (χ2n) is 5.81. The Balaban J connectivity index is 1.70. The Bertz CT molecular complexity index is 977. The van der Waals surface area contributed by atoms with Gasteiger partial charge in [-0.05, 0) is 38.0 Å². The second kappa shape index (κ2) is 8.14. The zero-order valence-corrected chi connectivity index (χ0v) is 15.5. The van der Waals surface area contributed by atoms with Crippen molar-refractivity contribution in [1.82, 2.24) is 9.55 Å². The Morgan fingerprint density at radius 2 is 2.19 bits per heavy atom. The highest BCUT2D eigenvalue weighted by Crippen LogP contribution is 2.21. The van der Waals surface area contributed by atoms with Gasteiger partial charge in [0, 0.05) is 11.9 Å². The predicted molar refractivity (Wildman–Crippen MR) is 101 cm³/mol. The van der Waals surface area contributed by atoms with Crippen LogP contribution in [0.3, 0.4) is 0 Å². The van der Waals surface area contributed by atoms with E-state index in [-0.39, 0.29) is 17.7 Å². The molecule has 0 amide bonds. The first-order valence-electron chi connectivity index (χ1n) is 8.43. The summed E-state index contributed by atoms with van der Waals surface area (Å²) in [5, 5.41) is 1.96. The van der Waals surface area contributed by atoms with Crippen molar-refractivity contribution >= 4 is 27.5 Å². The lowest BCUT2D eigenvalue weighted by molar-refractivity contribution is 0.0529. The van der Waals surface area contributed by atoms with E-state index in [1.54, 1.807) is 12.3 Å². The maximum atomic E-state index is 12.7. The normalized spacial score (nSPS) is 10.8. The van der Waals surface area contributed by atoms with E-state index < -0.39 is 5.97 Å². The summed E-state index contributed by atoms with van der Waals surface area (Å²) in [5.74, 6) is 0.325. The van der Waals surface area contributed by atoms with Crippen molar-refractivity contribution in [2.45, 2.75) is 26.8 Å². The number of esters is 1. The number of nitrogens with zero attached hydrogens (tertiary/aromatic N) is 2. The van der Waals surface area contributed by atoms with E-state index in [1.165, 1.54) is 22.2 Å². The van der Waals surface area contributed by atoms with Crippen molar-refractivity contribution in [3.8, 4) is 5.75 Å². The molecule has 6 nitrogen and oxygen atoms in total. The summed E-state index contributed by atoms with van der Waals surface area (Å²) in [7, 11) is 0. The molecule has 2 heterocycles. The molecular weight excluding hydrogens is 352 g/mol. The Labute approximate surface area is 155 Å². The molecule has 0 fully saturated rings. The van der Waals surface area contributed by atoms with Crippen molar-refractivity contribution in [2.75, 3.05) is 13.2 Å². The van der Waals surface area contributed by atoms with Crippen LogP contribution in [0.4, 0.5) is 0 Å². The molecule has 0 unspecified atom stereocenters. The van der Waals surface area contributed by atoms with Gasteiger partial charge in [0.2, 0.25) is 0 Å². The average molecular weight is 372 g/mol. The average Bonchev–Trinajstić information content (AvgIpc) is 3.06. The van der Waals surface area contributed by atoms with Gasteiger partial charge >= 0.3 is 5.97 Å². The van der Waals surface area contributed by atoms with Gasteiger partial charge in [-0.1, -0.05) is 12.1 Å². The second-order valence-corrected chi connectivity index (χ2v) is 6.67. The van der Waals surface area contributed by atoms with Crippen LogP contribution in [0.5, 0.6) is 5.75 Å². The number of carbonyl (C=O) groups is 1. The third-order valence-corrected chi connectivity index (χ3v) is 4.74. The highest BCUT2D eigenvalue weighted by Gasteiger charge is 2.18. The van der Waals surface area contributed by atoms with Crippen molar-refractivity contribution in [3.05, 3.63) is 57.5 Å². The van der Waals surface area contributed by atoms with Crippen LogP contribution in [-0.4, -0.2) is 28.7 Å². The lowest BCUT2D eigenvalue weighted by Crippen LogP contribution is -2.22. The van der Waals surface area contributed by atoms with Gasteiger partial charge in [0.1, 0.15) is 10.6 Å². The highest BCUT2D eigenvalue weighted by atomic mass is 32.1. The molecular formula is C19H20N2O4S. The highest BCUT2D eigenvalue weighted by molar-refractivity contribution is 7.17. The summed E-state index contributed by atoms with van der Waals surface area (Å²) < 4.78 is 12.2. The molecule has 7 heteroatoms. The van der Waals surface area contributed by atoms with Crippen LogP contribution in [0, 0.1) is 6.92 Å². The smallest absolute Gasteiger partial charge is 0.339 e. The van der Waals surface area contributed by atoms with Crippen LogP contribution in [0.2, 0.25) is 0 Å². The first-order chi connectivity index (χ1) is 12.6. The molecule has 0 aliphatic heterocycles. The number of benzene rings is 1. The topological polar surface area (TPSA) is 70.4 Å². The Hall–Kier alpha value is -2.67. The molecule has 0 N–H and O–H groups in total. The lowest BCUT2D eigenvalue weighted by atomic mass is 10.2. The Morgan fingerprint density at radius 3 is 2.96 bits per heavy atom. The van der Waals surface area contributed by atoms with Crippen LogP contribution in [-0.2, 0) is 11.3 Å². The van der Waals surface area contributed by atoms with E-state index in [2.05, 4.69) is 4.98 Å². The molecule has 0 aliphatic rings. The molecule has 1 aromatic carbocycles. The van der Waals surface area contributed by atoms with Gasteiger partial charge < -0.3 is 9.47 Å². The molecule has 136 valence electrons. The first kappa shape index (κ1) is 18.1. The molecule has 0 saturated heterocycles. The number of aromatic nitrogens is 2. The van der Waals surface area contributed by atoms with Gasteiger partial charge in [-0.15, -0.1) is 11.3 Å². The number of thiophene rings is 1. The van der Waals surface area contributed by atoms with Crippen LogP contribution >= 0.6 is 11.3 Å². The molecule has 0 spiro atoms. The number of hydrogen-bond donors (Lipinski definition) is 0. The first-order valence-corrected chi connectivity index (χ1v) is 9.31. The molecule has 0 aliphatic carbocycles. The number of aryl methyl sites for hydroxylation is 2. The van der Waals surface area contributed by atoms with Gasteiger partial charge in [-0.2, -0.15) is 0 Å². The maximum Gasteiger partial charge on any atom is 0.339 e. The largest absolute Gasteiger partial charge is 0.494 e. The minimum Gasteiger partial charge on any atom is -0.494 e. The van der Waals surface area contributed by atoms with E-state index in [9.17, 15) is 9.59 Å². The fourth-order valence-electron chi connectivity index (χ4n) is 2.62. The summed E-state index contributed by atoms with van der Waals surface area (Å²) >= 11 is 1.27. The number of rotatable bonds is 7. The van der Waals surface area contributed by atoms with Gasteiger partial charge in [-0.25, -0.2) is 9.78 Å². The Morgan fingerprint density at radius 1 is 1.35 bits per heavy atom. The summed E-state index contributed by atoms with van der Waals surface area (Å²) in [6.45, 7) is 4.96. The van der Waals surface area contributed by atoms with Gasteiger partial charge in [0.25, 0.3) is 5.56 Å². The standard InChI is InChI=1S/C19H20N2O4S/c1-3-24-19(23)15-11-26-17-16(15)18(22)21(12-20-17)8-5-9-25-14-7-4-6-13(2)10-14/h4,6-7,10-12H,3,5,8-9H2,1-2H3. The summed E-state index contributed by atoms with van der Waals surface area (Å²) in [6, 6.07) is 7.83. The SMILES string of the molecule is CCOC(=O)c1csc2ncn(CCCOc3cccc(C)c3)c(=O)c12. The van der Waals surface area contributed by atoms with Crippen molar-refractivity contribution in [1.29, 1.82) is 0 Å². The number of fused-ring (bicyclic) bond motifs is 1. The van der Waals surface area contributed by atoms with E-state index in [0.29, 0.717) is 29.8 Å². The summed E-state index contributed by atoms with van der Waals surface area (Å²) in [4.78, 5) is 29.6. The number of ether oxygens (including phenoxy) is 2. The van der Waals surface area contributed by atoms with Crippen LogP contribution in [0.15, 0.2) is 40.8 Å². The van der Waals surface area contributed by atoms with E-state index in [1.807, 2.05) is 31.2 Å².